The molecule has 1 heterocycles. The van der Waals surface area contributed by atoms with Crippen molar-refractivity contribution in [3.8, 4) is 0 Å². The summed E-state index contributed by atoms with van der Waals surface area (Å²) in [5.74, 6) is 0.820. The van der Waals surface area contributed by atoms with Gasteiger partial charge in [-0.2, -0.15) is 0 Å². The first-order valence-electron chi connectivity index (χ1n) is 7.75. The summed E-state index contributed by atoms with van der Waals surface area (Å²) in [4.78, 5) is 0. The SMILES string of the molecule is CNC(CC1CCCO1)c1cccc(C2CCC2)c1. The maximum absolute atomic E-state index is 5.78. The summed E-state index contributed by atoms with van der Waals surface area (Å²) in [5.41, 5.74) is 2.97. The molecule has 1 aliphatic carbocycles. The summed E-state index contributed by atoms with van der Waals surface area (Å²) < 4.78 is 5.78. The average Bonchev–Trinajstić information content (AvgIpc) is 2.87. The van der Waals surface area contributed by atoms with Crippen molar-refractivity contribution in [2.75, 3.05) is 13.7 Å². The average molecular weight is 259 g/mol. The van der Waals surface area contributed by atoms with Crippen LogP contribution in [0.2, 0.25) is 0 Å². The molecule has 2 atom stereocenters. The number of hydrogen-bond donors (Lipinski definition) is 1. The Morgan fingerprint density at radius 3 is 2.79 bits per heavy atom. The Hall–Kier alpha value is -0.860. The van der Waals surface area contributed by atoms with Gasteiger partial charge >= 0.3 is 0 Å². The van der Waals surface area contributed by atoms with Crippen LogP contribution in [0, 0.1) is 0 Å². The van der Waals surface area contributed by atoms with E-state index in [0.29, 0.717) is 12.1 Å². The highest BCUT2D eigenvalue weighted by Gasteiger charge is 2.23. The van der Waals surface area contributed by atoms with E-state index in [1.54, 1.807) is 0 Å². The van der Waals surface area contributed by atoms with E-state index in [1.165, 1.54) is 43.2 Å². The van der Waals surface area contributed by atoms with Gasteiger partial charge in [0.05, 0.1) is 6.10 Å². The minimum absolute atomic E-state index is 0.433. The third-order valence-electron chi connectivity index (χ3n) is 4.76. The van der Waals surface area contributed by atoms with Gasteiger partial charge in [-0.1, -0.05) is 30.7 Å². The number of hydrogen-bond acceptors (Lipinski definition) is 2. The van der Waals surface area contributed by atoms with E-state index in [9.17, 15) is 0 Å². The molecule has 2 nitrogen and oxygen atoms in total. The van der Waals surface area contributed by atoms with Crippen LogP contribution in [0.4, 0.5) is 0 Å². The maximum atomic E-state index is 5.78. The van der Waals surface area contributed by atoms with Crippen molar-refractivity contribution < 1.29 is 4.74 Å². The summed E-state index contributed by atoms with van der Waals surface area (Å²) >= 11 is 0. The van der Waals surface area contributed by atoms with Crippen LogP contribution in [-0.2, 0) is 4.74 Å². The Kier molecular flexibility index (Phi) is 4.19. The summed E-state index contributed by atoms with van der Waals surface area (Å²) in [7, 11) is 2.07. The smallest absolute Gasteiger partial charge is 0.0594 e. The van der Waals surface area contributed by atoms with E-state index in [2.05, 4.69) is 36.6 Å². The second-order valence-corrected chi connectivity index (χ2v) is 6.01. The zero-order valence-electron chi connectivity index (χ0n) is 11.9. The largest absolute Gasteiger partial charge is 0.378 e. The summed E-state index contributed by atoms with van der Waals surface area (Å²) in [5, 5.41) is 3.47. The molecular weight excluding hydrogens is 234 g/mol. The van der Waals surface area contributed by atoms with E-state index >= 15 is 0 Å². The van der Waals surface area contributed by atoms with Gasteiger partial charge < -0.3 is 10.1 Å². The molecule has 1 saturated heterocycles. The highest BCUT2D eigenvalue weighted by atomic mass is 16.5. The molecule has 0 amide bonds. The van der Waals surface area contributed by atoms with Crippen molar-refractivity contribution in [1.29, 1.82) is 0 Å². The van der Waals surface area contributed by atoms with Crippen molar-refractivity contribution in [3.63, 3.8) is 0 Å². The third kappa shape index (κ3) is 3.01. The lowest BCUT2D eigenvalue weighted by molar-refractivity contribution is 0.0954. The predicted molar refractivity (Wildman–Crippen MR) is 78.4 cm³/mol. The highest BCUT2D eigenvalue weighted by Crippen LogP contribution is 2.37. The summed E-state index contributed by atoms with van der Waals surface area (Å²) in [6.07, 6.45) is 8.15. The molecule has 0 aromatic heterocycles. The Balaban J connectivity index is 1.70. The molecular formula is C17H25NO. The molecule has 0 bridgehead atoms. The minimum Gasteiger partial charge on any atom is -0.378 e. The molecule has 1 aliphatic heterocycles. The zero-order chi connectivity index (χ0) is 13.1. The zero-order valence-corrected chi connectivity index (χ0v) is 11.9. The van der Waals surface area contributed by atoms with Crippen molar-refractivity contribution in [3.05, 3.63) is 35.4 Å². The molecule has 2 aliphatic rings. The van der Waals surface area contributed by atoms with E-state index < -0.39 is 0 Å². The summed E-state index contributed by atoms with van der Waals surface area (Å²) in [6.45, 7) is 0.948. The third-order valence-corrected chi connectivity index (χ3v) is 4.76. The van der Waals surface area contributed by atoms with Crippen LogP contribution in [0.1, 0.15) is 61.6 Å². The van der Waals surface area contributed by atoms with Gasteiger partial charge in [-0.15, -0.1) is 0 Å². The fourth-order valence-corrected chi connectivity index (χ4v) is 3.28. The normalized spacial score (nSPS) is 25.2. The fraction of sp³-hybridized carbons (Fsp3) is 0.647. The maximum Gasteiger partial charge on any atom is 0.0594 e. The molecule has 0 radical (unpaired) electrons. The van der Waals surface area contributed by atoms with Gasteiger partial charge in [0.25, 0.3) is 0 Å². The Morgan fingerprint density at radius 2 is 2.16 bits per heavy atom. The number of ether oxygens (including phenoxy) is 1. The van der Waals surface area contributed by atoms with Gasteiger partial charge in [0.1, 0.15) is 0 Å². The minimum atomic E-state index is 0.433. The van der Waals surface area contributed by atoms with Crippen molar-refractivity contribution in [1.82, 2.24) is 5.32 Å². The molecule has 104 valence electrons. The summed E-state index contributed by atoms with van der Waals surface area (Å²) in [6, 6.07) is 9.64. The van der Waals surface area contributed by atoms with Crippen LogP contribution in [0.5, 0.6) is 0 Å². The molecule has 19 heavy (non-hydrogen) atoms. The molecule has 3 rings (SSSR count). The first kappa shape index (κ1) is 13.1. The lowest BCUT2D eigenvalue weighted by atomic mass is 9.79. The van der Waals surface area contributed by atoms with Gasteiger partial charge in [-0.05, 0) is 56.2 Å². The van der Waals surface area contributed by atoms with Gasteiger partial charge in [-0.3, -0.25) is 0 Å². The topological polar surface area (TPSA) is 21.3 Å². The molecule has 2 unspecified atom stereocenters. The van der Waals surface area contributed by atoms with E-state index in [0.717, 1.165) is 18.9 Å². The predicted octanol–water partition coefficient (Wildman–Crippen LogP) is 3.78. The molecule has 1 saturated carbocycles. The van der Waals surface area contributed by atoms with Gasteiger partial charge in [-0.25, -0.2) is 0 Å². The van der Waals surface area contributed by atoms with Crippen LogP contribution >= 0.6 is 0 Å². The molecule has 1 N–H and O–H groups in total. The Bertz CT molecular complexity index is 407. The molecule has 1 aromatic carbocycles. The lowest BCUT2D eigenvalue weighted by Gasteiger charge is -2.27. The van der Waals surface area contributed by atoms with Crippen LogP contribution in [0.15, 0.2) is 24.3 Å². The molecule has 2 heteroatoms. The number of nitrogens with one attached hydrogen (secondary N) is 1. The molecule has 2 fully saturated rings. The van der Waals surface area contributed by atoms with Crippen LogP contribution in [0.25, 0.3) is 0 Å². The van der Waals surface area contributed by atoms with E-state index in [4.69, 9.17) is 4.74 Å². The van der Waals surface area contributed by atoms with Crippen molar-refractivity contribution in [2.24, 2.45) is 0 Å². The highest BCUT2D eigenvalue weighted by molar-refractivity contribution is 5.29. The van der Waals surface area contributed by atoms with Crippen molar-refractivity contribution >= 4 is 0 Å². The quantitative estimate of drug-likeness (QED) is 0.869. The Labute approximate surface area is 116 Å². The fourth-order valence-electron chi connectivity index (χ4n) is 3.28. The number of rotatable bonds is 5. The number of benzene rings is 1. The van der Waals surface area contributed by atoms with E-state index in [1.807, 2.05) is 0 Å². The first-order valence-corrected chi connectivity index (χ1v) is 7.75. The van der Waals surface area contributed by atoms with E-state index in [-0.39, 0.29) is 0 Å². The van der Waals surface area contributed by atoms with Crippen LogP contribution in [-0.4, -0.2) is 19.8 Å². The van der Waals surface area contributed by atoms with Crippen LogP contribution < -0.4 is 5.32 Å². The van der Waals surface area contributed by atoms with Gasteiger partial charge in [0.15, 0.2) is 0 Å². The molecule has 0 spiro atoms. The second kappa shape index (κ2) is 6.06. The van der Waals surface area contributed by atoms with Gasteiger partial charge in [0, 0.05) is 12.6 Å². The Morgan fingerprint density at radius 1 is 1.26 bits per heavy atom. The lowest BCUT2D eigenvalue weighted by Crippen LogP contribution is -2.22. The second-order valence-electron chi connectivity index (χ2n) is 6.01. The van der Waals surface area contributed by atoms with Crippen LogP contribution in [0.3, 0.4) is 0 Å². The molecule has 1 aromatic rings. The standard InChI is InChI=1S/C17H25NO/c1-18-17(12-16-9-4-10-19-16)15-8-3-7-14(11-15)13-5-2-6-13/h3,7-8,11,13,16-18H,2,4-6,9-10,12H2,1H3. The van der Waals surface area contributed by atoms with Crippen molar-refractivity contribution in [2.45, 2.75) is 56.6 Å². The monoisotopic (exact) mass is 259 g/mol. The first-order chi connectivity index (χ1) is 9.36. The van der Waals surface area contributed by atoms with Gasteiger partial charge in [0.2, 0.25) is 0 Å².